The molecule has 4 N–H and O–H groups in total. The highest BCUT2D eigenvalue weighted by Crippen LogP contribution is 2.21. The van der Waals surface area contributed by atoms with Crippen molar-refractivity contribution in [1.29, 1.82) is 0 Å². The summed E-state index contributed by atoms with van der Waals surface area (Å²) in [4.78, 5) is 53.0. The largest absolute Gasteiger partial charge is 0.480 e. The Kier molecular flexibility index (Phi) is 10.1. The Morgan fingerprint density at radius 1 is 0.923 bits per heavy atom. The first-order valence-electron chi connectivity index (χ1n) is 13.8. The fraction of sp³-hybridized carbons (Fsp3) is 0.467. The Morgan fingerprint density at radius 2 is 1.62 bits per heavy atom. The third-order valence-electron chi connectivity index (χ3n) is 7.50. The van der Waals surface area contributed by atoms with Crippen molar-refractivity contribution in [3.8, 4) is 0 Å². The van der Waals surface area contributed by atoms with Crippen molar-refractivity contribution in [1.82, 2.24) is 20.9 Å². The number of benzene rings is 2. The molecule has 39 heavy (non-hydrogen) atoms. The third-order valence-corrected chi connectivity index (χ3v) is 7.50. The Labute approximate surface area is 229 Å². The molecule has 4 atom stereocenters. The van der Waals surface area contributed by atoms with E-state index in [-0.39, 0.29) is 30.7 Å². The van der Waals surface area contributed by atoms with Gasteiger partial charge in [-0.3, -0.25) is 14.4 Å². The van der Waals surface area contributed by atoms with E-state index in [1.165, 1.54) is 0 Å². The highest BCUT2D eigenvalue weighted by molar-refractivity contribution is 5.91. The monoisotopic (exact) mass is 534 g/mol. The number of carboxylic acid groups (broad SMARTS) is 1. The fourth-order valence-corrected chi connectivity index (χ4v) is 5.46. The number of likely N-dealkylation sites (tertiary alicyclic amines) is 1. The van der Waals surface area contributed by atoms with E-state index in [1.54, 1.807) is 4.90 Å². The molecule has 2 aromatic carbocycles. The van der Waals surface area contributed by atoms with E-state index in [0.717, 1.165) is 36.9 Å². The lowest BCUT2D eigenvalue weighted by molar-refractivity contribution is -0.142. The fourth-order valence-electron chi connectivity index (χ4n) is 5.46. The third kappa shape index (κ3) is 8.13. The van der Waals surface area contributed by atoms with E-state index in [2.05, 4.69) is 16.0 Å². The Hall–Kier alpha value is -3.72. The number of nitrogens with one attached hydrogen (secondary N) is 3. The molecule has 2 saturated heterocycles. The van der Waals surface area contributed by atoms with Crippen LogP contribution in [0, 0.1) is 0 Å². The number of aryl methyl sites for hydroxylation is 1. The van der Waals surface area contributed by atoms with Crippen LogP contribution >= 0.6 is 0 Å². The maximum atomic E-state index is 13.4. The van der Waals surface area contributed by atoms with Gasteiger partial charge in [0.15, 0.2) is 0 Å². The van der Waals surface area contributed by atoms with Crippen molar-refractivity contribution in [2.75, 3.05) is 13.1 Å². The SMILES string of the molecule is O=C(CC(Cc1ccccc1)NC(=O)C1CCCN1C(=O)C1CCCN1)NC(CCc1ccccc1)C(=O)O. The minimum absolute atomic E-state index is 0.0368. The van der Waals surface area contributed by atoms with E-state index in [9.17, 15) is 24.3 Å². The van der Waals surface area contributed by atoms with Crippen molar-refractivity contribution in [3.05, 3.63) is 71.8 Å². The van der Waals surface area contributed by atoms with Gasteiger partial charge in [-0.1, -0.05) is 60.7 Å². The van der Waals surface area contributed by atoms with E-state index < -0.39 is 30.0 Å². The molecular weight excluding hydrogens is 496 g/mol. The predicted molar refractivity (Wildman–Crippen MR) is 147 cm³/mol. The van der Waals surface area contributed by atoms with Gasteiger partial charge < -0.3 is 26.0 Å². The highest BCUT2D eigenvalue weighted by Gasteiger charge is 2.38. The molecular formula is C30H38N4O5. The number of hydrogen-bond acceptors (Lipinski definition) is 5. The topological polar surface area (TPSA) is 128 Å². The lowest BCUT2D eigenvalue weighted by Gasteiger charge is -2.28. The van der Waals surface area contributed by atoms with Crippen molar-refractivity contribution in [2.45, 2.75) is 75.5 Å². The van der Waals surface area contributed by atoms with Crippen LogP contribution in [0.15, 0.2) is 60.7 Å². The van der Waals surface area contributed by atoms with E-state index in [1.807, 2.05) is 60.7 Å². The lowest BCUT2D eigenvalue weighted by Crippen LogP contribution is -2.53. The first-order valence-corrected chi connectivity index (χ1v) is 13.8. The predicted octanol–water partition coefficient (Wildman–Crippen LogP) is 2.05. The number of carboxylic acids is 1. The van der Waals surface area contributed by atoms with Crippen LogP contribution in [-0.4, -0.2) is 71.0 Å². The summed E-state index contributed by atoms with van der Waals surface area (Å²) in [5, 5.41) is 18.6. The molecule has 2 aliphatic rings. The molecule has 2 aliphatic heterocycles. The normalized spacial score (nSPS) is 20.3. The van der Waals surface area contributed by atoms with Crippen molar-refractivity contribution in [3.63, 3.8) is 0 Å². The second-order valence-electron chi connectivity index (χ2n) is 10.4. The first-order chi connectivity index (χ1) is 18.9. The molecule has 0 aromatic heterocycles. The van der Waals surface area contributed by atoms with Gasteiger partial charge in [0.2, 0.25) is 17.7 Å². The summed E-state index contributed by atoms with van der Waals surface area (Å²) >= 11 is 0. The summed E-state index contributed by atoms with van der Waals surface area (Å²) in [6, 6.07) is 16.7. The van der Waals surface area contributed by atoms with Crippen LogP contribution < -0.4 is 16.0 Å². The molecule has 2 fully saturated rings. The average molecular weight is 535 g/mol. The molecule has 208 valence electrons. The zero-order valence-electron chi connectivity index (χ0n) is 22.2. The minimum Gasteiger partial charge on any atom is -0.480 e. The van der Waals surface area contributed by atoms with Gasteiger partial charge in [-0.15, -0.1) is 0 Å². The van der Waals surface area contributed by atoms with Gasteiger partial charge in [-0.25, -0.2) is 4.79 Å². The van der Waals surface area contributed by atoms with Crippen LogP contribution in [0.4, 0.5) is 0 Å². The summed E-state index contributed by atoms with van der Waals surface area (Å²) in [5.74, 6) is -1.84. The zero-order valence-corrected chi connectivity index (χ0v) is 22.2. The van der Waals surface area contributed by atoms with Crippen molar-refractivity contribution < 1.29 is 24.3 Å². The molecule has 9 nitrogen and oxygen atoms in total. The van der Waals surface area contributed by atoms with Gasteiger partial charge >= 0.3 is 5.97 Å². The van der Waals surface area contributed by atoms with Crippen LogP contribution in [0.3, 0.4) is 0 Å². The molecule has 2 heterocycles. The summed E-state index contributed by atoms with van der Waals surface area (Å²) in [5.41, 5.74) is 1.94. The van der Waals surface area contributed by atoms with Gasteiger partial charge in [0.05, 0.1) is 6.04 Å². The van der Waals surface area contributed by atoms with Gasteiger partial charge in [0, 0.05) is 19.0 Å². The zero-order chi connectivity index (χ0) is 27.6. The molecule has 3 amide bonds. The Balaban J connectivity index is 1.39. The van der Waals surface area contributed by atoms with Crippen molar-refractivity contribution in [2.24, 2.45) is 0 Å². The molecule has 2 aromatic rings. The van der Waals surface area contributed by atoms with E-state index in [0.29, 0.717) is 25.8 Å². The lowest BCUT2D eigenvalue weighted by atomic mass is 10.0. The van der Waals surface area contributed by atoms with Crippen LogP contribution in [0.1, 0.15) is 49.7 Å². The molecule has 4 unspecified atom stereocenters. The number of carbonyl (C=O) groups excluding carboxylic acids is 3. The highest BCUT2D eigenvalue weighted by atomic mass is 16.4. The molecule has 4 rings (SSSR count). The molecule has 0 bridgehead atoms. The number of carbonyl (C=O) groups is 4. The summed E-state index contributed by atoms with van der Waals surface area (Å²) in [6.07, 6.45) is 4.16. The minimum atomic E-state index is -1.09. The summed E-state index contributed by atoms with van der Waals surface area (Å²) in [7, 11) is 0. The van der Waals surface area contributed by atoms with Crippen molar-refractivity contribution >= 4 is 23.7 Å². The van der Waals surface area contributed by atoms with Gasteiger partial charge in [-0.05, 0) is 62.6 Å². The maximum Gasteiger partial charge on any atom is 0.326 e. The van der Waals surface area contributed by atoms with Crippen LogP contribution in [0.25, 0.3) is 0 Å². The van der Waals surface area contributed by atoms with Crippen LogP contribution in [0.2, 0.25) is 0 Å². The number of rotatable bonds is 12. The second-order valence-corrected chi connectivity index (χ2v) is 10.4. The van der Waals surface area contributed by atoms with E-state index in [4.69, 9.17) is 0 Å². The Morgan fingerprint density at radius 3 is 2.26 bits per heavy atom. The van der Waals surface area contributed by atoms with Gasteiger partial charge in [0.1, 0.15) is 12.1 Å². The molecule has 0 aliphatic carbocycles. The molecule has 0 radical (unpaired) electrons. The summed E-state index contributed by atoms with van der Waals surface area (Å²) < 4.78 is 0. The Bertz CT molecular complexity index is 1120. The second kappa shape index (κ2) is 13.9. The molecule has 0 saturated carbocycles. The van der Waals surface area contributed by atoms with Gasteiger partial charge in [0.25, 0.3) is 0 Å². The maximum absolute atomic E-state index is 13.4. The standard InChI is InChI=1S/C30H38N4O5/c35-27(33-25(30(38)39)16-15-21-9-3-1-4-10-21)20-23(19-22-11-5-2-6-12-22)32-28(36)26-14-8-18-34(26)29(37)24-13-7-17-31-24/h1-6,9-12,23-26,31H,7-8,13-20H2,(H,32,36)(H,33,35)(H,38,39). The number of aliphatic carboxylic acids is 1. The van der Waals surface area contributed by atoms with Crippen LogP contribution in [0.5, 0.6) is 0 Å². The molecule has 9 heteroatoms. The van der Waals surface area contributed by atoms with Crippen LogP contribution in [-0.2, 0) is 32.0 Å². The first kappa shape index (κ1) is 28.3. The summed E-state index contributed by atoms with van der Waals surface area (Å²) in [6.45, 7) is 1.35. The number of amides is 3. The number of hydrogen-bond donors (Lipinski definition) is 4. The smallest absolute Gasteiger partial charge is 0.326 e. The van der Waals surface area contributed by atoms with Gasteiger partial charge in [-0.2, -0.15) is 0 Å². The molecule has 0 spiro atoms. The quantitative estimate of drug-likeness (QED) is 0.330. The number of nitrogens with zero attached hydrogens (tertiary/aromatic N) is 1. The van der Waals surface area contributed by atoms with E-state index >= 15 is 0 Å². The average Bonchev–Trinajstić information content (AvgIpc) is 3.65.